The van der Waals surface area contributed by atoms with Crippen LogP contribution in [0.4, 0.5) is 8.78 Å². The van der Waals surface area contributed by atoms with Crippen LogP contribution in [0.3, 0.4) is 0 Å². The van der Waals surface area contributed by atoms with Crippen molar-refractivity contribution in [2.75, 3.05) is 0 Å². The third kappa shape index (κ3) is 5.00. The van der Waals surface area contributed by atoms with Crippen molar-refractivity contribution in [2.24, 2.45) is 17.8 Å². The molecule has 0 saturated heterocycles. The molecule has 164 valence electrons. The van der Waals surface area contributed by atoms with Gasteiger partial charge in [0.25, 0.3) is 0 Å². The van der Waals surface area contributed by atoms with Gasteiger partial charge in [-0.2, -0.15) is 0 Å². The second kappa shape index (κ2) is 9.94. The fraction of sp³-hybridized carbons (Fsp3) is 0.448. The number of benzene rings is 2. The lowest BCUT2D eigenvalue weighted by Gasteiger charge is -2.41. The largest absolute Gasteiger partial charge is 0.207 e. The van der Waals surface area contributed by atoms with E-state index in [1.807, 2.05) is 31.2 Å². The van der Waals surface area contributed by atoms with E-state index < -0.39 is 0 Å². The van der Waals surface area contributed by atoms with E-state index in [0.29, 0.717) is 34.9 Å². The predicted octanol–water partition coefficient (Wildman–Crippen LogP) is 8.63. The molecular formula is C29H34F2. The van der Waals surface area contributed by atoms with Gasteiger partial charge in [-0.25, -0.2) is 8.78 Å². The van der Waals surface area contributed by atoms with Gasteiger partial charge < -0.3 is 0 Å². The number of rotatable bonds is 6. The monoisotopic (exact) mass is 420 g/mol. The summed E-state index contributed by atoms with van der Waals surface area (Å²) < 4.78 is 29.6. The first kappa shape index (κ1) is 22.0. The van der Waals surface area contributed by atoms with E-state index in [-0.39, 0.29) is 11.6 Å². The van der Waals surface area contributed by atoms with Crippen molar-refractivity contribution < 1.29 is 8.78 Å². The fourth-order valence-electron chi connectivity index (χ4n) is 5.78. The van der Waals surface area contributed by atoms with Crippen LogP contribution in [0.2, 0.25) is 0 Å². The molecular weight excluding hydrogens is 386 g/mol. The maximum absolute atomic E-state index is 15.1. The summed E-state index contributed by atoms with van der Waals surface area (Å²) in [5, 5.41) is 0. The number of hydrogen-bond acceptors (Lipinski definition) is 0. The van der Waals surface area contributed by atoms with Crippen molar-refractivity contribution in [1.82, 2.24) is 0 Å². The maximum Gasteiger partial charge on any atom is 0.131 e. The molecule has 2 fully saturated rings. The summed E-state index contributed by atoms with van der Waals surface area (Å²) >= 11 is 0. The molecule has 0 aromatic heterocycles. The summed E-state index contributed by atoms with van der Waals surface area (Å²) in [6.07, 6.45) is 15.0. The second-order valence-electron chi connectivity index (χ2n) is 9.49. The second-order valence-corrected chi connectivity index (χ2v) is 9.49. The fourth-order valence-corrected chi connectivity index (χ4v) is 5.78. The maximum atomic E-state index is 15.1. The van der Waals surface area contributed by atoms with Crippen molar-refractivity contribution in [3.05, 3.63) is 84.0 Å². The van der Waals surface area contributed by atoms with Crippen LogP contribution in [0.15, 0.2) is 61.2 Å². The number of fused-ring (bicyclic) bond motifs is 1. The van der Waals surface area contributed by atoms with E-state index in [2.05, 4.69) is 18.7 Å². The van der Waals surface area contributed by atoms with Gasteiger partial charge >= 0.3 is 0 Å². The smallest absolute Gasteiger partial charge is 0.131 e. The zero-order valence-electron chi connectivity index (χ0n) is 18.6. The van der Waals surface area contributed by atoms with Crippen molar-refractivity contribution in [2.45, 2.75) is 64.2 Å². The number of aryl methyl sites for hydroxylation is 1. The van der Waals surface area contributed by atoms with Gasteiger partial charge in [0, 0.05) is 5.56 Å². The van der Waals surface area contributed by atoms with E-state index in [1.54, 1.807) is 12.1 Å². The van der Waals surface area contributed by atoms with Gasteiger partial charge in [-0.1, -0.05) is 42.5 Å². The standard InChI is InChI=1S/C29H34F2/c1-3-5-6-7-21-10-13-26(19-28(21)30)27-15-14-25(18-29(27)31)24-12-11-22-16-20(4-2)8-9-23(22)17-24/h3-5,10,13-15,18-20,22-24H,2,6-9,11-12,16-17H2,1H3/b5-3+. The quantitative estimate of drug-likeness (QED) is 0.410. The summed E-state index contributed by atoms with van der Waals surface area (Å²) in [4.78, 5) is 0. The lowest BCUT2D eigenvalue weighted by atomic mass is 9.64. The molecule has 0 bridgehead atoms. The van der Waals surface area contributed by atoms with Crippen molar-refractivity contribution in [3.8, 4) is 11.1 Å². The van der Waals surface area contributed by atoms with Gasteiger partial charge in [-0.05, 0) is 111 Å². The Hall–Kier alpha value is -2.22. The molecule has 0 spiro atoms. The van der Waals surface area contributed by atoms with E-state index in [4.69, 9.17) is 0 Å². The molecule has 0 N–H and O–H groups in total. The van der Waals surface area contributed by atoms with Crippen molar-refractivity contribution >= 4 is 0 Å². The van der Waals surface area contributed by atoms with E-state index in [0.717, 1.165) is 30.2 Å². The van der Waals surface area contributed by atoms with Gasteiger partial charge in [0.1, 0.15) is 11.6 Å². The molecule has 31 heavy (non-hydrogen) atoms. The first-order chi connectivity index (χ1) is 15.1. The zero-order chi connectivity index (χ0) is 21.8. The Bertz CT molecular complexity index is 942. The summed E-state index contributed by atoms with van der Waals surface area (Å²) in [5.41, 5.74) is 2.89. The van der Waals surface area contributed by atoms with Crippen LogP contribution in [0.25, 0.3) is 11.1 Å². The Labute approximate surface area is 186 Å². The van der Waals surface area contributed by atoms with E-state index >= 15 is 4.39 Å². The highest BCUT2D eigenvalue weighted by Crippen LogP contribution is 2.48. The van der Waals surface area contributed by atoms with Crippen molar-refractivity contribution in [3.63, 3.8) is 0 Å². The molecule has 2 aliphatic carbocycles. The molecule has 4 unspecified atom stereocenters. The summed E-state index contributed by atoms with van der Waals surface area (Å²) in [6, 6.07) is 10.7. The molecule has 2 aliphatic rings. The van der Waals surface area contributed by atoms with Crippen LogP contribution in [0, 0.1) is 29.4 Å². The minimum atomic E-state index is -0.251. The Kier molecular flexibility index (Phi) is 7.05. The Balaban J connectivity index is 1.46. The summed E-state index contributed by atoms with van der Waals surface area (Å²) in [5.74, 6) is 2.21. The molecule has 2 heteroatoms. The molecule has 0 heterocycles. The summed E-state index contributed by atoms with van der Waals surface area (Å²) in [7, 11) is 0. The zero-order valence-corrected chi connectivity index (χ0v) is 18.6. The van der Waals surface area contributed by atoms with Crippen molar-refractivity contribution in [1.29, 1.82) is 0 Å². The first-order valence-electron chi connectivity index (χ1n) is 11.9. The molecule has 2 aromatic carbocycles. The average Bonchev–Trinajstić information content (AvgIpc) is 2.79. The Morgan fingerprint density at radius 3 is 2.48 bits per heavy atom. The van der Waals surface area contributed by atoms with Gasteiger partial charge in [-0.3, -0.25) is 0 Å². The number of halogens is 2. The molecule has 2 aromatic rings. The average molecular weight is 421 g/mol. The minimum Gasteiger partial charge on any atom is -0.207 e. The van der Waals surface area contributed by atoms with Crippen LogP contribution in [0.5, 0.6) is 0 Å². The molecule has 4 atom stereocenters. The molecule has 2 saturated carbocycles. The highest BCUT2D eigenvalue weighted by molar-refractivity contribution is 5.65. The molecule has 0 nitrogen and oxygen atoms in total. The highest BCUT2D eigenvalue weighted by Gasteiger charge is 2.35. The van der Waals surface area contributed by atoms with Crippen LogP contribution in [0.1, 0.15) is 68.9 Å². The summed E-state index contributed by atoms with van der Waals surface area (Å²) in [6.45, 7) is 5.95. The number of allylic oxidation sites excluding steroid dienone is 3. The number of hydrogen-bond donors (Lipinski definition) is 0. The molecule has 0 aliphatic heterocycles. The topological polar surface area (TPSA) is 0 Å². The van der Waals surface area contributed by atoms with Gasteiger partial charge in [0.05, 0.1) is 0 Å². The first-order valence-corrected chi connectivity index (χ1v) is 11.9. The Morgan fingerprint density at radius 1 is 0.935 bits per heavy atom. The predicted molar refractivity (Wildman–Crippen MR) is 126 cm³/mol. The normalized spacial score (nSPS) is 26.0. The van der Waals surface area contributed by atoms with Crippen LogP contribution < -0.4 is 0 Å². The van der Waals surface area contributed by atoms with Gasteiger partial charge in [-0.15, -0.1) is 6.58 Å². The van der Waals surface area contributed by atoms with E-state index in [1.165, 1.54) is 38.2 Å². The van der Waals surface area contributed by atoms with Gasteiger partial charge in [0.15, 0.2) is 0 Å². The third-order valence-corrected chi connectivity index (χ3v) is 7.63. The minimum absolute atomic E-state index is 0.240. The van der Waals surface area contributed by atoms with Gasteiger partial charge in [0.2, 0.25) is 0 Å². The van der Waals surface area contributed by atoms with Crippen LogP contribution in [-0.4, -0.2) is 0 Å². The molecule has 0 radical (unpaired) electrons. The van der Waals surface area contributed by atoms with Crippen LogP contribution in [-0.2, 0) is 6.42 Å². The third-order valence-electron chi connectivity index (χ3n) is 7.63. The van der Waals surface area contributed by atoms with Crippen LogP contribution >= 0.6 is 0 Å². The Morgan fingerprint density at radius 2 is 1.74 bits per heavy atom. The lowest BCUT2D eigenvalue weighted by Crippen LogP contribution is -2.29. The molecule has 4 rings (SSSR count). The van der Waals surface area contributed by atoms with E-state index in [9.17, 15) is 4.39 Å². The lowest BCUT2D eigenvalue weighted by molar-refractivity contribution is 0.133. The SMILES string of the molecule is C=CC1CCC2CC(c3ccc(-c4ccc(CC/C=C/C)c(F)c4)c(F)c3)CCC2C1. The highest BCUT2D eigenvalue weighted by atomic mass is 19.1. The molecule has 0 amide bonds.